The minimum Gasteiger partial charge on any atom is -0.287 e. The third-order valence-electron chi connectivity index (χ3n) is 1.14. The molecule has 1 rings (SSSR count). The van der Waals surface area contributed by atoms with Crippen LogP contribution in [0.1, 0.15) is 5.56 Å². The Morgan fingerprint density at radius 1 is 1.20 bits per heavy atom. The molecule has 0 aliphatic carbocycles. The van der Waals surface area contributed by atoms with Crippen molar-refractivity contribution < 1.29 is 5.11 Å². The van der Waals surface area contributed by atoms with Gasteiger partial charge in [-0.3, -0.25) is 5.11 Å². The topological polar surface area (TPSA) is 19.9 Å². The fourth-order valence-corrected chi connectivity index (χ4v) is 2.10. The molecule has 0 spiro atoms. The van der Waals surface area contributed by atoms with Gasteiger partial charge in [0.05, 0.1) is 8.95 Å². The first-order valence-corrected chi connectivity index (χ1v) is 4.32. The van der Waals surface area contributed by atoms with E-state index in [-0.39, 0.29) is 5.75 Å². The predicted molar refractivity (Wildman–Crippen MR) is 46.7 cm³/mol. The Bertz CT molecular complexity index is 235. The van der Waals surface area contributed by atoms with Crippen LogP contribution in [0.15, 0.2) is 21.1 Å². The summed E-state index contributed by atoms with van der Waals surface area (Å²) in [6.45, 7) is 1.94. The molecule has 0 aliphatic heterocycles. The first kappa shape index (κ1) is 8.08. The summed E-state index contributed by atoms with van der Waals surface area (Å²) in [7, 11) is 0. The quantitative estimate of drug-likeness (QED) is 0.682. The summed E-state index contributed by atoms with van der Waals surface area (Å²) < 4.78 is 1.22. The fraction of sp³-hybridized carbons (Fsp3) is 0.143. The molecule has 0 atom stereocenters. The maximum Gasteiger partial charge on any atom is 0.206 e. The second-order valence-electron chi connectivity index (χ2n) is 2.06. The van der Waals surface area contributed by atoms with Gasteiger partial charge in [-0.05, 0) is 56.5 Å². The molecule has 0 heterocycles. The summed E-state index contributed by atoms with van der Waals surface area (Å²) in [4.78, 5) is 0. The third-order valence-corrected chi connectivity index (χ3v) is 2.32. The van der Waals surface area contributed by atoms with Crippen LogP contribution in [0.2, 0.25) is 0 Å². The molecule has 0 unspecified atom stereocenters. The van der Waals surface area contributed by atoms with Crippen LogP contribution in [0.3, 0.4) is 0 Å². The molecule has 1 aromatic rings. The number of aryl methyl sites for hydroxylation is 1. The Morgan fingerprint density at radius 2 is 1.60 bits per heavy atom. The van der Waals surface area contributed by atoms with Crippen LogP contribution >= 0.6 is 31.9 Å². The van der Waals surface area contributed by atoms with Gasteiger partial charge in [-0.25, -0.2) is 0 Å². The predicted octanol–water partition coefficient (Wildman–Crippen LogP) is 3.66. The number of hydrogen-bond donors (Lipinski definition) is 0. The smallest absolute Gasteiger partial charge is 0.206 e. The molecule has 0 saturated carbocycles. The average molecular weight is 265 g/mol. The van der Waals surface area contributed by atoms with E-state index >= 15 is 0 Å². The van der Waals surface area contributed by atoms with Crippen molar-refractivity contribution >= 4 is 31.9 Å². The summed E-state index contributed by atoms with van der Waals surface area (Å²) in [6.07, 6.45) is 0. The molecule has 10 heavy (non-hydrogen) atoms. The van der Waals surface area contributed by atoms with Gasteiger partial charge in [0.15, 0.2) is 0 Å². The number of hydrogen-bond acceptors (Lipinski definition) is 0. The van der Waals surface area contributed by atoms with Gasteiger partial charge in [0.2, 0.25) is 5.75 Å². The van der Waals surface area contributed by atoms with Gasteiger partial charge in [-0.15, -0.1) is 0 Å². The van der Waals surface area contributed by atoms with Gasteiger partial charge in [-0.1, -0.05) is 0 Å². The molecule has 0 amide bonds. The van der Waals surface area contributed by atoms with Crippen molar-refractivity contribution in [2.45, 2.75) is 6.92 Å². The first-order chi connectivity index (χ1) is 4.61. The number of rotatable bonds is 0. The van der Waals surface area contributed by atoms with Crippen LogP contribution in [0.4, 0.5) is 0 Å². The van der Waals surface area contributed by atoms with Crippen LogP contribution < -0.4 is 0 Å². The number of benzene rings is 1. The molecule has 0 aromatic heterocycles. The highest BCUT2D eigenvalue weighted by molar-refractivity contribution is 9.11. The Hall–Kier alpha value is -0.0200. The van der Waals surface area contributed by atoms with Crippen molar-refractivity contribution in [3.63, 3.8) is 0 Å². The van der Waals surface area contributed by atoms with Crippen molar-refractivity contribution in [3.8, 4) is 5.75 Å². The van der Waals surface area contributed by atoms with Gasteiger partial charge in [-0.2, -0.15) is 0 Å². The Labute approximate surface area is 76.3 Å². The number of halogens is 2. The van der Waals surface area contributed by atoms with Gasteiger partial charge < -0.3 is 0 Å². The normalized spacial score (nSPS) is 9.90. The molecular weight excluding hydrogens is 260 g/mol. The Morgan fingerprint density at radius 3 is 2.00 bits per heavy atom. The summed E-state index contributed by atoms with van der Waals surface area (Å²) in [5.41, 5.74) is 1.07. The van der Waals surface area contributed by atoms with Crippen LogP contribution in [0.25, 0.3) is 0 Å². The molecule has 1 radical (unpaired) electrons. The zero-order valence-corrected chi connectivity index (χ0v) is 8.49. The maximum atomic E-state index is 11.0. The Balaban J connectivity index is 3.31. The van der Waals surface area contributed by atoms with Crippen LogP contribution in [-0.2, 0) is 5.11 Å². The molecule has 53 valence electrons. The van der Waals surface area contributed by atoms with E-state index in [1.165, 1.54) is 0 Å². The maximum absolute atomic E-state index is 11.0. The lowest BCUT2D eigenvalue weighted by Gasteiger charge is -1.97. The Kier molecular flexibility index (Phi) is 2.36. The zero-order valence-electron chi connectivity index (χ0n) is 5.32. The van der Waals surface area contributed by atoms with Crippen LogP contribution in [-0.4, -0.2) is 0 Å². The molecule has 0 saturated heterocycles. The zero-order chi connectivity index (χ0) is 7.72. The summed E-state index contributed by atoms with van der Waals surface area (Å²) in [6, 6.07) is 3.60. The molecule has 3 heteroatoms. The minimum atomic E-state index is 0.00519. The lowest BCUT2D eigenvalue weighted by atomic mass is 10.2. The van der Waals surface area contributed by atoms with Gasteiger partial charge in [0.1, 0.15) is 0 Å². The van der Waals surface area contributed by atoms with Gasteiger partial charge in [0.25, 0.3) is 0 Å². The molecule has 1 nitrogen and oxygen atoms in total. The van der Waals surface area contributed by atoms with Crippen molar-refractivity contribution in [2.24, 2.45) is 0 Å². The standard InChI is InChI=1S/C7H5Br2O/c1-4-2-5(8)7(10)6(9)3-4/h2-3H,1H3. The largest absolute Gasteiger partial charge is 0.287 e. The van der Waals surface area contributed by atoms with E-state index in [0.29, 0.717) is 8.95 Å². The SMILES string of the molecule is Cc1cc(Br)c([O])c(Br)c1. The van der Waals surface area contributed by atoms with E-state index < -0.39 is 0 Å². The molecule has 0 bridgehead atoms. The molecule has 0 aliphatic rings. The third kappa shape index (κ3) is 1.52. The average Bonchev–Trinajstić information content (AvgIpc) is 1.82. The van der Waals surface area contributed by atoms with Crippen molar-refractivity contribution in [1.82, 2.24) is 0 Å². The van der Waals surface area contributed by atoms with E-state index in [2.05, 4.69) is 31.9 Å². The fourth-order valence-electron chi connectivity index (χ4n) is 0.687. The molecule has 1 aromatic carbocycles. The second-order valence-corrected chi connectivity index (χ2v) is 3.77. The minimum absolute atomic E-state index is 0.00519. The molecule has 0 fully saturated rings. The van der Waals surface area contributed by atoms with E-state index in [9.17, 15) is 5.11 Å². The van der Waals surface area contributed by atoms with Crippen LogP contribution in [0.5, 0.6) is 5.75 Å². The van der Waals surface area contributed by atoms with Crippen molar-refractivity contribution in [1.29, 1.82) is 0 Å². The van der Waals surface area contributed by atoms with E-state index in [1.807, 2.05) is 6.92 Å². The highest BCUT2D eigenvalue weighted by atomic mass is 79.9. The molecule has 0 N–H and O–H groups in total. The van der Waals surface area contributed by atoms with E-state index in [1.54, 1.807) is 12.1 Å². The highest BCUT2D eigenvalue weighted by Gasteiger charge is 2.04. The lowest BCUT2D eigenvalue weighted by molar-refractivity contribution is 0.349. The van der Waals surface area contributed by atoms with E-state index in [4.69, 9.17) is 0 Å². The summed E-state index contributed by atoms with van der Waals surface area (Å²) in [5, 5.41) is 11.0. The monoisotopic (exact) mass is 263 g/mol. The van der Waals surface area contributed by atoms with Crippen molar-refractivity contribution in [2.75, 3.05) is 0 Å². The highest BCUT2D eigenvalue weighted by Crippen LogP contribution is 2.33. The van der Waals surface area contributed by atoms with Gasteiger partial charge >= 0.3 is 0 Å². The van der Waals surface area contributed by atoms with E-state index in [0.717, 1.165) is 5.56 Å². The van der Waals surface area contributed by atoms with Crippen molar-refractivity contribution in [3.05, 3.63) is 26.6 Å². The summed E-state index contributed by atoms with van der Waals surface area (Å²) in [5.74, 6) is 0.00519. The lowest BCUT2D eigenvalue weighted by Crippen LogP contribution is -1.74. The second kappa shape index (κ2) is 2.93. The van der Waals surface area contributed by atoms with Gasteiger partial charge in [0, 0.05) is 0 Å². The van der Waals surface area contributed by atoms with Crippen LogP contribution in [0, 0.1) is 6.92 Å². The first-order valence-electron chi connectivity index (χ1n) is 2.74. The summed E-state index contributed by atoms with van der Waals surface area (Å²) >= 11 is 6.31. The molecular formula is C7H5Br2O.